The molecule has 0 aliphatic rings. The Hall–Kier alpha value is -2.82. The van der Waals surface area contributed by atoms with E-state index in [0.29, 0.717) is 24.3 Å². The first kappa shape index (κ1) is 17.5. The lowest BCUT2D eigenvalue weighted by molar-refractivity contribution is -0.116. The first-order valence-corrected chi connectivity index (χ1v) is 8.07. The van der Waals surface area contributed by atoms with Crippen LogP contribution in [-0.4, -0.2) is 18.5 Å². The van der Waals surface area contributed by atoms with Crippen LogP contribution in [0.1, 0.15) is 37.0 Å². The number of rotatable bonds is 7. The third-order valence-corrected chi connectivity index (χ3v) is 3.35. The lowest BCUT2D eigenvalue weighted by atomic mass is 10.1. The molecule has 2 aromatic rings. The van der Waals surface area contributed by atoms with Crippen molar-refractivity contribution >= 4 is 28.9 Å². The lowest BCUT2D eigenvalue weighted by Crippen LogP contribution is -2.10. The molecular weight excluding hydrogens is 304 g/mol. The van der Waals surface area contributed by atoms with Crippen molar-refractivity contribution in [2.45, 2.75) is 26.7 Å². The quantitative estimate of drug-likeness (QED) is 0.743. The fraction of sp³-hybridized carbons (Fsp3) is 0.263. The van der Waals surface area contributed by atoms with Gasteiger partial charge in [-0.25, -0.2) is 4.79 Å². The molecule has 0 heterocycles. The summed E-state index contributed by atoms with van der Waals surface area (Å²) >= 11 is 0. The molecule has 2 rings (SSSR count). The van der Waals surface area contributed by atoms with E-state index in [0.717, 1.165) is 17.8 Å². The summed E-state index contributed by atoms with van der Waals surface area (Å²) in [5.74, 6) is -0.352. The number of ether oxygens (including phenoxy) is 1. The van der Waals surface area contributed by atoms with Crippen molar-refractivity contribution in [3.05, 3.63) is 54.1 Å². The fourth-order valence-electron chi connectivity index (χ4n) is 2.22. The number of carbonyl (C=O) groups excluding carboxylic acids is 2. The van der Waals surface area contributed by atoms with Crippen LogP contribution in [0.2, 0.25) is 0 Å². The molecule has 0 spiro atoms. The molecule has 0 fully saturated rings. The number of hydrogen-bond acceptors (Lipinski definition) is 4. The molecule has 0 bridgehead atoms. The maximum Gasteiger partial charge on any atom is 0.340 e. The van der Waals surface area contributed by atoms with Crippen LogP contribution in [0.25, 0.3) is 0 Å². The third kappa shape index (κ3) is 4.84. The normalized spacial score (nSPS) is 10.1. The van der Waals surface area contributed by atoms with Crippen molar-refractivity contribution in [1.29, 1.82) is 0 Å². The van der Waals surface area contributed by atoms with Gasteiger partial charge in [0.15, 0.2) is 0 Å². The van der Waals surface area contributed by atoms with Gasteiger partial charge in [0.05, 0.1) is 17.9 Å². The van der Waals surface area contributed by atoms with E-state index in [1.165, 1.54) is 0 Å². The van der Waals surface area contributed by atoms with Gasteiger partial charge in [0.25, 0.3) is 0 Å². The summed E-state index contributed by atoms with van der Waals surface area (Å²) < 4.78 is 5.07. The number of anilines is 3. The number of nitrogens with one attached hydrogen (secondary N) is 2. The number of amides is 1. The number of benzene rings is 2. The molecule has 0 atom stereocenters. The zero-order valence-corrected chi connectivity index (χ0v) is 14.0. The third-order valence-electron chi connectivity index (χ3n) is 3.35. The Labute approximate surface area is 142 Å². The second-order valence-electron chi connectivity index (χ2n) is 5.27. The van der Waals surface area contributed by atoms with Crippen molar-refractivity contribution < 1.29 is 14.3 Å². The highest BCUT2D eigenvalue weighted by atomic mass is 16.5. The molecule has 5 heteroatoms. The maximum absolute atomic E-state index is 12.0. The van der Waals surface area contributed by atoms with Crippen molar-refractivity contribution in [3.63, 3.8) is 0 Å². The van der Waals surface area contributed by atoms with Gasteiger partial charge in [-0.2, -0.15) is 0 Å². The second kappa shape index (κ2) is 8.72. The first-order valence-electron chi connectivity index (χ1n) is 8.07. The molecule has 126 valence electrons. The van der Waals surface area contributed by atoms with Crippen LogP contribution in [0.3, 0.4) is 0 Å². The highest BCUT2D eigenvalue weighted by Gasteiger charge is 2.11. The van der Waals surface area contributed by atoms with E-state index in [4.69, 9.17) is 4.74 Å². The summed E-state index contributed by atoms with van der Waals surface area (Å²) in [6.07, 6.45) is 1.32. The Morgan fingerprint density at radius 2 is 1.62 bits per heavy atom. The molecule has 0 saturated heterocycles. The van der Waals surface area contributed by atoms with Crippen LogP contribution in [0.5, 0.6) is 0 Å². The monoisotopic (exact) mass is 326 g/mol. The smallest absolute Gasteiger partial charge is 0.340 e. The molecule has 0 aliphatic heterocycles. The largest absolute Gasteiger partial charge is 0.462 e. The predicted octanol–water partition coefficient (Wildman–Crippen LogP) is 4.35. The van der Waals surface area contributed by atoms with E-state index in [-0.39, 0.29) is 11.9 Å². The van der Waals surface area contributed by atoms with Crippen molar-refractivity contribution in [2.75, 3.05) is 17.2 Å². The predicted molar refractivity (Wildman–Crippen MR) is 95.7 cm³/mol. The summed E-state index contributed by atoms with van der Waals surface area (Å²) in [7, 11) is 0. The Bertz CT molecular complexity index is 696. The minimum Gasteiger partial charge on any atom is -0.462 e. The summed E-state index contributed by atoms with van der Waals surface area (Å²) in [6.45, 7) is 4.08. The van der Waals surface area contributed by atoms with Crippen LogP contribution in [-0.2, 0) is 9.53 Å². The molecule has 2 N–H and O–H groups in total. The van der Waals surface area contributed by atoms with Gasteiger partial charge < -0.3 is 15.4 Å². The molecule has 0 aliphatic carbocycles. The van der Waals surface area contributed by atoms with Gasteiger partial charge in [0, 0.05) is 17.8 Å². The summed E-state index contributed by atoms with van der Waals surface area (Å²) in [5.41, 5.74) is 2.73. The molecule has 24 heavy (non-hydrogen) atoms. The Balaban J connectivity index is 2.09. The van der Waals surface area contributed by atoms with E-state index in [2.05, 4.69) is 10.6 Å². The Morgan fingerprint density at radius 3 is 2.29 bits per heavy atom. The van der Waals surface area contributed by atoms with Crippen molar-refractivity contribution in [3.8, 4) is 0 Å². The van der Waals surface area contributed by atoms with Gasteiger partial charge in [-0.05, 0) is 49.7 Å². The Morgan fingerprint density at radius 1 is 0.958 bits per heavy atom. The second-order valence-corrected chi connectivity index (χ2v) is 5.27. The topological polar surface area (TPSA) is 67.4 Å². The van der Waals surface area contributed by atoms with Gasteiger partial charge in [-0.3, -0.25) is 4.79 Å². The highest BCUT2D eigenvalue weighted by molar-refractivity contribution is 5.96. The minimum atomic E-state index is -0.357. The molecule has 5 nitrogen and oxygen atoms in total. The zero-order valence-electron chi connectivity index (χ0n) is 14.0. The number of esters is 1. The summed E-state index contributed by atoms with van der Waals surface area (Å²) in [5, 5.41) is 6.04. The van der Waals surface area contributed by atoms with E-state index >= 15 is 0 Å². The highest BCUT2D eigenvalue weighted by Crippen LogP contribution is 2.23. The number of hydrogen-bond donors (Lipinski definition) is 2. The molecular formula is C19H22N2O3. The maximum atomic E-state index is 12.0. The van der Waals surface area contributed by atoms with Crippen molar-refractivity contribution in [1.82, 2.24) is 0 Å². The van der Waals surface area contributed by atoms with Gasteiger partial charge in [-0.1, -0.05) is 19.1 Å². The van der Waals surface area contributed by atoms with Gasteiger partial charge in [0.2, 0.25) is 5.91 Å². The fourth-order valence-corrected chi connectivity index (χ4v) is 2.22. The molecule has 1 amide bonds. The van der Waals surface area contributed by atoms with E-state index < -0.39 is 0 Å². The number of para-hydroxylation sites is 1. The van der Waals surface area contributed by atoms with Crippen LogP contribution >= 0.6 is 0 Å². The van der Waals surface area contributed by atoms with Crippen molar-refractivity contribution in [2.24, 2.45) is 0 Å². The molecule has 0 radical (unpaired) electrons. The SMILES string of the molecule is CCCC(=O)Nc1ccc(Nc2ccccc2C(=O)OCC)cc1. The number of carbonyl (C=O) groups is 2. The molecule has 0 aromatic heterocycles. The standard InChI is InChI=1S/C19H22N2O3/c1-3-7-18(22)21-15-12-10-14(11-13-15)20-17-9-6-5-8-16(17)19(23)24-4-2/h5-6,8-13,20H,3-4,7H2,1-2H3,(H,21,22). The minimum absolute atomic E-state index is 0.00543. The van der Waals surface area contributed by atoms with Crippen LogP contribution in [0.4, 0.5) is 17.1 Å². The van der Waals surface area contributed by atoms with E-state index in [1.54, 1.807) is 19.1 Å². The summed E-state index contributed by atoms with van der Waals surface area (Å²) in [6, 6.07) is 14.5. The zero-order chi connectivity index (χ0) is 17.4. The van der Waals surface area contributed by atoms with Gasteiger partial charge in [0.1, 0.15) is 0 Å². The van der Waals surface area contributed by atoms with Crippen LogP contribution < -0.4 is 10.6 Å². The summed E-state index contributed by atoms with van der Waals surface area (Å²) in [4.78, 5) is 23.6. The lowest BCUT2D eigenvalue weighted by Gasteiger charge is -2.12. The molecule has 0 unspecified atom stereocenters. The van der Waals surface area contributed by atoms with Crippen LogP contribution in [0.15, 0.2) is 48.5 Å². The van der Waals surface area contributed by atoms with Gasteiger partial charge in [-0.15, -0.1) is 0 Å². The van der Waals surface area contributed by atoms with E-state index in [9.17, 15) is 9.59 Å². The van der Waals surface area contributed by atoms with Gasteiger partial charge >= 0.3 is 5.97 Å². The average Bonchev–Trinajstić information content (AvgIpc) is 2.57. The average molecular weight is 326 g/mol. The molecule has 0 saturated carbocycles. The molecule has 2 aromatic carbocycles. The van der Waals surface area contributed by atoms with Crippen LogP contribution in [0, 0.1) is 0 Å². The Kier molecular flexibility index (Phi) is 6.37. The van der Waals surface area contributed by atoms with E-state index in [1.807, 2.05) is 43.3 Å². The first-order chi connectivity index (χ1) is 11.6.